The third-order valence-corrected chi connectivity index (χ3v) is 4.28. The van der Waals surface area contributed by atoms with Crippen molar-refractivity contribution in [3.05, 3.63) is 45.9 Å². The Hall–Kier alpha value is -2.41. The molecule has 1 heterocycles. The molecule has 0 atom stereocenters. The SMILES string of the molecule is Cc1cnc(C(C)(C)NC(=O)c2cccc(OCC(=O)O)c2)s1. The Morgan fingerprint density at radius 3 is 2.74 bits per heavy atom. The minimum atomic E-state index is -1.07. The van der Waals surface area contributed by atoms with Gasteiger partial charge < -0.3 is 15.2 Å². The summed E-state index contributed by atoms with van der Waals surface area (Å²) in [5, 5.41) is 12.4. The third-order valence-electron chi connectivity index (χ3n) is 3.04. The van der Waals surface area contributed by atoms with Gasteiger partial charge in [0.05, 0.1) is 5.54 Å². The molecule has 1 amide bonds. The van der Waals surface area contributed by atoms with Gasteiger partial charge in [-0.25, -0.2) is 9.78 Å². The monoisotopic (exact) mass is 334 g/mol. The second-order valence-corrected chi connectivity index (χ2v) is 6.80. The minimum Gasteiger partial charge on any atom is -0.482 e. The lowest BCUT2D eigenvalue weighted by molar-refractivity contribution is -0.139. The first-order chi connectivity index (χ1) is 10.8. The zero-order valence-electron chi connectivity index (χ0n) is 13.1. The molecule has 23 heavy (non-hydrogen) atoms. The van der Waals surface area contributed by atoms with Crippen LogP contribution in [0.25, 0.3) is 0 Å². The molecule has 0 unspecified atom stereocenters. The summed E-state index contributed by atoms with van der Waals surface area (Å²) in [7, 11) is 0. The quantitative estimate of drug-likeness (QED) is 0.847. The van der Waals surface area contributed by atoms with E-state index in [9.17, 15) is 9.59 Å². The highest BCUT2D eigenvalue weighted by atomic mass is 32.1. The molecule has 0 aliphatic carbocycles. The van der Waals surface area contributed by atoms with E-state index in [0.717, 1.165) is 9.88 Å². The maximum atomic E-state index is 12.4. The van der Waals surface area contributed by atoms with Gasteiger partial charge in [-0.3, -0.25) is 4.79 Å². The van der Waals surface area contributed by atoms with Crippen LogP contribution >= 0.6 is 11.3 Å². The molecule has 122 valence electrons. The summed E-state index contributed by atoms with van der Waals surface area (Å²) in [4.78, 5) is 28.3. The van der Waals surface area contributed by atoms with Crippen LogP contribution in [-0.4, -0.2) is 28.6 Å². The Kier molecular flexibility index (Phi) is 5.00. The van der Waals surface area contributed by atoms with Crippen molar-refractivity contribution in [2.45, 2.75) is 26.3 Å². The van der Waals surface area contributed by atoms with Gasteiger partial charge in [-0.1, -0.05) is 6.07 Å². The summed E-state index contributed by atoms with van der Waals surface area (Å²) in [6.07, 6.45) is 1.77. The summed E-state index contributed by atoms with van der Waals surface area (Å²) in [5.74, 6) is -1.01. The molecule has 6 nitrogen and oxygen atoms in total. The molecular formula is C16H18N2O4S. The van der Waals surface area contributed by atoms with E-state index in [2.05, 4.69) is 10.3 Å². The van der Waals surface area contributed by atoms with Gasteiger partial charge in [0.1, 0.15) is 10.8 Å². The predicted octanol–water partition coefficient (Wildman–Crippen LogP) is 2.58. The fraction of sp³-hybridized carbons (Fsp3) is 0.312. The summed E-state index contributed by atoms with van der Waals surface area (Å²) >= 11 is 1.53. The number of nitrogens with zero attached hydrogens (tertiary/aromatic N) is 1. The Morgan fingerprint density at radius 2 is 2.13 bits per heavy atom. The van der Waals surface area contributed by atoms with Crippen LogP contribution in [0.4, 0.5) is 0 Å². The van der Waals surface area contributed by atoms with Gasteiger partial charge in [0.2, 0.25) is 0 Å². The highest BCUT2D eigenvalue weighted by Crippen LogP contribution is 2.25. The number of carboxylic acid groups (broad SMARTS) is 1. The first kappa shape index (κ1) is 17.0. The van der Waals surface area contributed by atoms with E-state index in [4.69, 9.17) is 9.84 Å². The Bertz CT molecular complexity index is 724. The van der Waals surface area contributed by atoms with E-state index in [-0.39, 0.29) is 5.91 Å². The maximum Gasteiger partial charge on any atom is 0.341 e. The number of carbonyl (C=O) groups excluding carboxylic acids is 1. The molecule has 0 aliphatic heterocycles. The van der Waals surface area contributed by atoms with Crippen molar-refractivity contribution in [2.75, 3.05) is 6.61 Å². The molecule has 0 fully saturated rings. The van der Waals surface area contributed by atoms with Crippen LogP contribution in [0.2, 0.25) is 0 Å². The average Bonchev–Trinajstić information content (AvgIpc) is 2.92. The molecule has 2 aromatic rings. The number of thiazole rings is 1. The molecule has 1 aromatic carbocycles. The number of hydrogen-bond acceptors (Lipinski definition) is 5. The molecule has 0 saturated heterocycles. The molecule has 0 aliphatic rings. The van der Waals surface area contributed by atoms with Gasteiger partial charge in [-0.15, -0.1) is 11.3 Å². The van der Waals surface area contributed by atoms with Crippen LogP contribution in [0, 0.1) is 6.92 Å². The zero-order valence-corrected chi connectivity index (χ0v) is 13.9. The highest BCUT2D eigenvalue weighted by Gasteiger charge is 2.26. The van der Waals surface area contributed by atoms with Crippen molar-refractivity contribution in [3.8, 4) is 5.75 Å². The van der Waals surface area contributed by atoms with Crippen LogP contribution in [0.3, 0.4) is 0 Å². The molecule has 2 rings (SSSR count). The lowest BCUT2D eigenvalue weighted by Crippen LogP contribution is -2.40. The lowest BCUT2D eigenvalue weighted by Gasteiger charge is -2.24. The predicted molar refractivity (Wildman–Crippen MR) is 86.9 cm³/mol. The number of amides is 1. The van der Waals surface area contributed by atoms with E-state index < -0.39 is 18.1 Å². The van der Waals surface area contributed by atoms with Crippen molar-refractivity contribution < 1.29 is 19.4 Å². The topological polar surface area (TPSA) is 88.5 Å². The summed E-state index contributed by atoms with van der Waals surface area (Å²) < 4.78 is 5.09. The van der Waals surface area contributed by atoms with Gasteiger partial charge in [0, 0.05) is 16.6 Å². The van der Waals surface area contributed by atoms with E-state index in [1.54, 1.807) is 24.4 Å². The molecule has 0 bridgehead atoms. The van der Waals surface area contributed by atoms with Gasteiger partial charge in [0.15, 0.2) is 6.61 Å². The van der Waals surface area contributed by atoms with Crippen LogP contribution in [0.5, 0.6) is 5.75 Å². The van der Waals surface area contributed by atoms with Crippen molar-refractivity contribution in [2.24, 2.45) is 0 Å². The number of carbonyl (C=O) groups is 2. The number of carboxylic acids is 1. The van der Waals surface area contributed by atoms with Gasteiger partial charge >= 0.3 is 5.97 Å². The first-order valence-electron chi connectivity index (χ1n) is 6.98. The third kappa shape index (κ3) is 4.53. The number of aliphatic carboxylic acids is 1. The number of ether oxygens (including phenoxy) is 1. The molecule has 0 saturated carbocycles. The largest absolute Gasteiger partial charge is 0.482 e. The highest BCUT2D eigenvalue weighted by molar-refractivity contribution is 7.11. The standard InChI is InChI=1S/C16H18N2O4S/c1-10-8-17-15(23-10)16(2,3)18-14(21)11-5-4-6-12(7-11)22-9-13(19)20/h4-8H,9H2,1-3H3,(H,18,21)(H,19,20). The first-order valence-corrected chi connectivity index (χ1v) is 7.79. The molecule has 7 heteroatoms. The number of aromatic nitrogens is 1. The fourth-order valence-electron chi connectivity index (χ4n) is 1.93. The summed E-state index contributed by atoms with van der Waals surface area (Å²) in [6.45, 7) is 5.28. The van der Waals surface area contributed by atoms with E-state index >= 15 is 0 Å². The van der Waals surface area contributed by atoms with E-state index in [1.165, 1.54) is 17.4 Å². The molecular weight excluding hydrogens is 316 g/mol. The van der Waals surface area contributed by atoms with Crippen LogP contribution in [0.15, 0.2) is 30.5 Å². The second kappa shape index (κ2) is 6.78. The summed E-state index contributed by atoms with van der Waals surface area (Å²) in [5.41, 5.74) is -0.206. The zero-order chi connectivity index (χ0) is 17.0. The van der Waals surface area contributed by atoms with Crippen molar-refractivity contribution >= 4 is 23.2 Å². The Morgan fingerprint density at radius 1 is 1.39 bits per heavy atom. The van der Waals surface area contributed by atoms with Crippen molar-refractivity contribution in [1.82, 2.24) is 10.3 Å². The number of hydrogen-bond donors (Lipinski definition) is 2. The summed E-state index contributed by atoms with van der Waals surface area (Å²) in [6, 6.07) is 6.41. The normalized spacial score (nSPS) is 11.1. The molecule has 2 N–H and O–H groups in total. The van der Waals surface area contributed by atoms with Gasteiger partial charge in [0.25, 0.3) is 5.91 Å². The molecule has 0 spiro atoms. The number of benzene rings is 1. The lowest BCUT2D eigenvalue weighted by atomic mass is 10.1. The van der Waals surface area contributed by atoms with Gasteiger partial charge in [-0.05, 0) is 39.0 Å². The number of nitrogens with one attached hydrogen (secondary N) is 1. The minimum absolute atomic E-state index is 0.274. The number of rotatable bonds is 6. The van der Waals surface area contributed by atoms with Crippen molar-refractivity contribution in [3.63, 3.8) is 0 Å². The van der Waals surface area contributed by atoms with Crippen molar-refractivity contribution in [1.29, 1.82) is 0 Å². The maximum absolute atomic E-state index is 12.4. The fourth-order valence-corrected chi connectivity index (χ4v) is 2.75. The average molecular weight is 334 g/mol. The molecule has 0 radical (unpaired) electrons. The Labute approximate surface area is 138 Å². The smallest absolute Gasteiger partial charge is 0.341 e. The van der Waals surface area contributed by atoms with Gasteiger partial charge in [-0.2, -0.15) is 0 Å². The molecule has 1 aromatic heterocycles. The number of aryl methyl sites for hydroxylation is 1. The Balaban J connectivity index is 2.11. The van der Waals surface area contributed by atoms with Crippen LogP contribution < -0.4 is 10.1 Å². The van der Waals surface area contributed by atoms with E-state index in [1.807, 2.05) is 20.8 Å². The second-order valence-electron chi connectivity index (χ2n) is 5.57. The van der Waals surface area contributed by atoms with E-state index in [0.29, 0.717) is 11.3 Å². The van der Waals surface area contributed by atoms with Crippen LogP contribution in [-0.2, 0) is 10.3 Å². The van der Waals surface area contributed by atoms with Crippen LogP contribution in [0.1, 0.15) is 34.1 Å².